The zero-order valence-electron chi connectivity index (χ0n) is 12.1. The van der Waals surface area contributed by atoms with Gasteiger partial charge in [-0.15, -0.1) is 9.36 Å². The van der Waals surface area contributed by atoms with Gasteiger partial charge in [-0.3, -0.25) is 4.79 Å². The van der Waals surface area contributed by atoms with Gasteiger partial charge in [0.05, 0.1) is 0 Å². The number of nitrogens with zero attached hydrogens (tertiary/aromatic N) is 3. The van der Waals surface area contributed by atoms with Gasteiger partial charge in [0.2, 0.25) is 6.33 Å². The smallest absolute Gasteiger partial charge is 0.287 e. The number of carbonyl (C=O) groups is 1. The highest BCUT2D eigenvalue weighted by atomic mass is 79.9. The lowest BCUT2D eigenvalue weighted by molar-refractivity contribution is -0.642. The number of amides is 1. The van der Waals surface area contributed by atoms with Gasteiger partial charge in [0.1, 0.15) is 6.54 Å². The minimum Gasteiger partial charge on any atom is -1.00 e. The molecule has 0 saturated heterocycles. The Morgan fingerprint density at radius 1 is 1.13 bits per heavy atom. The Kier molecular flexibility index (Phi) is 6.06. The SMILES string of the molecule is O=C(N[n+]1cnn(Cc2ccc(Br)cc2)c1)c1ccccc1.[Br-]. The maximum absolute atomic E-state index is 12.0. The van der Waals surface area contributed by atoms with E-state index in [4.69, 9.17) is 0 Å². The lowest BCUT2D eigenvalue weighted by Gasteiger charge is -2.00. The molecular weight excluding hydrogens is 424 g/mol. The quantitative estimate of drug-likeness (QED) is 0.552. The first-order valence-corrected chi connectivity index (χ1v) is 7.54. The summed E-state index contributed by atoms with van der Waals surface area (Å²) in [6.07, 6.45) is 3.31. The van der Waals surface area contributed by atoms with Crippen molar-refractivity contribution in [3.05, 3.63) is 82.9 Å². The summed E-state index contributed by atoms with van der Waals surface area (Å²) in [7, 11) is 0. The van der Waals surface area contributed by atoms with Gasteiger partial charge in [-0.2, -0.15) is 0 Å². The maximum Gasteiger partial charge on any atom is 0.287 e. The second-order valence-electron chi connectivity index (χ2n) is 4.78. The van der Waals surface area contributed by atoms with Crippen LogP contribution in [-0.2, 0) is 6.54 Å². The van der Waals surface area contributed by atoms with Crippen LogP contribution in [0.25, 0.3) is 0 Å². The lowest BCUT2D eigenvalue weighted by atomic mass is 10.2. The topological polar surface area (TPSA) is 50.8 Å². The summed E-state index contributed by atoms with van der Waals surface area (Å²) in [6.45, 7) is 0.640. The van der Waals surface area contributed by atoms with Crippen molar-refractivity contribution in [2.24, 2.45) is 0 Å². The van der Waals surface area contributed by atoms with Crippen molar-refractivity contribution < 1.29 is 26.5 Å². The Labute approximate surface area is 152 Å². The second-order valence-corrected chi connectivity index (χ2v) is 5.70. The number of hydrogen-bond acceptors (Lipinski definition) is 2. The monoisotopic (exact) mass is 436 g/mol. The molecule has 2 aromatic carbocycles. The lowest BCUT2D eigenvalue weighted by Crippen LogP contribution is -3.00. The van der Waals surface area contributed by atoms with Crippen LogP contribution in [0.2, 0.25) is 0 Å². The minimum absolute atomic E-state index is 0. The van der Waals surface area contributed by atoms with Crippen LogP contribution in [0.3, 0.4) is 0 Å². The van der Waals surface area contributed by atoms with E-state index in [9.17, 15) is 4.79 Å². The van der Waals surface area contributed by atoms with Crippen molar-refractivity contribution in [3.8, 4) is 0 Å². The van der Waals surface area contributed by atoms with E-state index in [1.807, 2.05) is 42.5 Å². The largest absolute Gasteiger partial charge is 1.00 e. The number of halogens is 2. The molecule has 0 saturated carbocycles. The van der Waals surface area contributed by atoms with Crippen molar-refractivity contribution in [2.75, 3.05) is 5.43 Å². The zero-order chi connectivity index (χ0) is 15.4. The van der Waals surface area contributed by atoms with Crippen molar-refractivity contribution in [1.82, 2.24) is 9.78 Å². The molecule has 0 radical (unpaired) electrons. The second kappa shape index (κ2) is 8.03. The number of nitrogens with one attached hydrogen (secondary N) is 1. The third-order valence-corrected chi connectivity index (χ3v) is 3.64. The number of rotatable bonds is 4. The van der Waals surface area contributed by atoms with Crippen LogP contribution >= 0.6 is 15.9 Å². The van der Waals surface area contributed by atoms with Gasteiger partial charge in [0, 0.05) is 15.1 Å². The van der Waals surface area contributed by atoms with Gasteiger partial charge in [0.25, 0.3) is 12.2 Å². The zero-order valence-corrected chi connectivity index (χ0v) is 15.2. The molecule has 3 aromatic rings. The van der Waals surface area contributed by atoms with Crippen molar-refractivity contribution in [3.63, 3.8) is 0 Å². The molecule has 1 heterocycles. The first-order chi connectivity index (χ1) is 10.7. The molecule has 1 amide bonds. The van der Waals surface area contributed by atoms with Crippen molar-refractivity contribution in [1.29, 1.82) is 0 Å². The molecule has 5 nitrogen and oxygen atoms in total. The van der Waals surface area contributed by atoms with E-state index in [1.54, 1.807) is 34.1 Å². The molecule has 23 heavy (non-hydrogen) atoms. The number of carbonyl (C=O) groups excluding carboxylic acids is 1. The van der Waals surface area contributed by atoms with Crippen molar-refractivity contribution >= 4 is 21.8 Å². The maximum atomic E-state index is 12.0. The molecular formula is C16H14Br2N4O. The van der Waals surface area contributed by atoms with E-state index in [1.165, 1.54) is 0 Å². The van der Waals surface area contributed by atoms with E-state index in [2.05, 4.69) is 26.5 Å². The fourth-order valence-corrected chi connectivity index (χ4v) is 2.28. The van der Waals surface area contributed by atoms with E-state index in [-0.39, 0.29) is 22.9 Å². The van der Waals surface area contributed by atoms with Gasteiger partial charge in [0.15, 0.2) is 0 Å². The summed E-state index contributed by atoms with van der Waals surface area (Å²) < 4.78 is 4.35. The van der Waals surface area contributed by atoms with Crippen LogP contribution in [-0.4, -0.2) is 15.7 Å². The molecule has 3 rings (SSSR count). The van der Waals surface area contributed by atoms with Gasteiger partial charge in [-0.25, -0.2) is 5.43 Å². The summed E-state index contributed by atoms with van der Waals surface area (Å²) in [5.74, 6) is -0.172. The summed E-state index contributed by atoms with van der Waals surface area (Å²) in [5.41, 5.74) is 4.50. The van der Waals surface area contributed by atoms with Crippen LogP contribution in [0.4, 0.5) is 0 Å². The van der Waals surface area contributed by atoms with E-state index >= 15 is 0 Å². The van der Waals surface area contributed by atoms with Crippen LogP contribution < -0.4 is 27.1 Å². The normalized spacial score (nSPS) is 9.96. The molecule has 1 N–H and O–H groups in total. The predicted octanol–water partition coefficient (Wildman–Crippen LogP) is -0.631. The highest BCUT2D eigenvalue weighted by Gasteiger charge is 2.11. The van der Waals surface area contributed by atoms with Crippen LogP contribution in [0, 0.1) is 0 Å². The average molecular weight is 438 g/mol. The summed E-state index contributed by atoms with van der Waals surface area (Å²) in [6, 6.07) is 17.1. The first kappa shape index (κ1) is 17.4. The van der Waals surface area contributed by atoms with Gasteiger partial charge < -0.3 is 17.0 Å². The molecule has 0 aliphatic heterocycles. The van der Waals surface area contributed by atoms with Gasteiger partial charge in [-0.1, -0.05) is 46.3 Å². The fraction of sp³-hybridized carbons (Fsp3) is 0.0625. The standard InChI is InChI=1S/C16H13BrN4O.BrH/c17-15-8-6-13(7-9-15)10-20-12-21(11-18-20)19-16(22)14-4-2-1-3-5-14;/h1-9,11-12H,10H2;1H. The highest BCUT2D eigenvalue weighted by Crippen LogP contribution is 2.10. The van der Waals surface area contributed by atoms with Crippen LogP contribution in [0.1, 0.15) is 15.9 Å². The average Bonchev–Trinajstić information content (AvgIpc) is 2.97. The van der Waals surface area contributed by atoms with E-state index < -0.39 is 0 Å². The summed E-state index contributed by atoms with van der Waals surface area (Å²) in [4.78, 5) is 12.0. The number of hydrogen-bond donors (Lipinski definition) is 1. The van der Waals surface area contributed by atoms with E-state index in [0.29, 0.717) is 12.1 Å². The van der Waals surface area contributed by atoms with E-state index in [0.717, 1.165) is 10.0 Å². The molecule has 0 aliphatic carbocycles. The molecule has 0 bridgehead atoms. The van der Waals surface area contributed by atoms with Crippen LogP contribution in [0.15, 0.2) is 71.7 Å². The molecule has 7 heteroatoms. The molecule has 0 atom stereocenters. The number of benzene rings is 2. The van der Waals surface area contributed by atoms with Gasteiger partial charge in [-0.05, 0) is 29.8 Å². The first-order valence-electron chi connectivity index (χ1n) is 6.75. The highest BCUT2D eigenvalue weighted by molar-refractivity contribution is 9.10. The predicted molar refractivity (Wildman–Crippen MR) is 85.8 cm³/mol. The third kappa shape index (κ3) is 4.74. The van der Waals surface area contributed by atoms with Crippen LogP contribution in [0.5, 0.6) is 0 Å². The summed E-state index contributed by atoms with van der Waals surface area (Å²) in [5, 5.41) is 4.23. The molecule has 0 aliphatic rings. The fourth-order valence-electron chi connectivity index (χ4n) is 2.01. The Balaban J connectivity index is 0.00000192. The Morgan fingerprint density at radius 2 is 1.83 bits per heavy atom. The third-order valence-electron chi connectivity index (χ3n) is 3.11. The molecule has 0 fully saturated rings. The molecule has 118 valence electrons. The van der Waals surface area contributed by atoms with Gasteiger partial charge >= 0.3 is 0 Å². The molecule has 0 spiro atoms. The molecule has 1 aromatic heterocycles. The Morgan fingerprint density at radius 3 is 2.52 bits per heavy atom. The molecule has 0 unspecified atom stereocenters. The Hall–Kier alpha value is -1.99. The number of aromatic nitrogens is 3. The van der Waals surface area contributed by atoms with Crippen molar-refractivity contribution in [2.45, 2.75) is 6.54 Å². The minimum atomic E-state index is -0.172. The Bertz CT molecular complexity index is 772. The summed E-state index contributed by atoms with van der Waals surface area (Å²) >= 11 is 3.41.